The monoisotopic (exact) mass is 420 g/mol. The van der Waals surface area contributed by atoms with Gasteiger partial charge in [-0.2, -0.15) is 0 Å². The van der Waals surface area contributed by atoms with Gasteiger partial charge in [-0.05, 0) is 50.3 Å². The molecule has 2 aliphatic heterocycles. The molecule has 0 atom stereocenters. The maximum absolute atomic E-state index is 13.4. The Labute approximate surface area is 178 Å². The Bertz CT molecular complexity index is 712. The summed E-state index contributed by atoms with van der Waals surface area (Å²) in [6.45, 7) is 5.64. The number of ether oxygens (including phenoxy) is 2. The van der Waals surface area contributed by atoms with Gasteiger partial charge in [0.15, 0.2) is 5.96 Å². The first kappa shape index (κ1) is 22.3. The van der Waals surface area contributed by atoms with Crippen LogP contribution in [0.5, 0.6) is 0 Å². The summed E-state index contributed by atoms with van der Waals surface area (Å²) in [6.07, 6.45) is 3.20. The average Bonchev–Trinajstić information content (AvgIpc) is 2.78. The van der Waals surface area contributed by atoms with Crippen LogP contribution in [0, 0.1) is 5.82 Å². The van der Waals surface area contributed by atoms with Crippen LogP contribution in [-0.4, -0.2) is 69.5 Å². The van der Waals surface area contributed by atoms with Crippen molar-refractivity contribution in [3.8, 4) is 0 Å². The molecule has 0 unspecified atom stereocenters. The molecule has 2 heterocycles. The fraction of sp³-hybridized carbons (Fsp3) is 0.636. The summed E-state index contributed by atoms with van der Waals surface area (Å²) in [5, 5.41) is 6.96. The number of nitrogens with one attached hydrogen (secondary N) is 2. The van der Waals surface area contributed by atoms with E-state index in [2.05, 4.69) is 15.6 Å². The van der Waals surface area contributed by atoms with Gasteiger partial charge >= 0.3 is 6.09 Å². The summed E-state index contributed by atoms with van der Waals surface area (Å²) >= 11 is 0. The number of hydrogen-bond acceptors (Lipinski definition) is 4. The Morgan fingerprint density at radius 1 is 1.27 bits per heavy atom. The van der Waals surface area contributed by atoms with Gasteiger partial charge in [0.1, 0.15) is 5.82 Å². The molecule has 0 saturated carbocycles. The molecule has 0 bridgehead atoms. The lowest BCUT2D eigenvalue weighted by molar-refractivity contribution is 0.0513. The molecule has 2 fully saturated rings. The van der Waals surface area contributed by atoms with E-state index in [-0.39, 0.29) is 23.4 Å². The highest BCUT2D eigenvalue weighted by molar-refractivity contribution is 5.80. The van der Waals surface area contributed by atoms with Gasteiger partial charge in [-0.25, -0.2) is 9.18 Å². The standard InChI is InChI=1S/C22H33FN4O3/c1-3-30-21(28)27-12-8-19(9-13-27)26-20(24-2)25-16-22(10-14-29-15-11-22)17-4-6-18(23)7-5-17/h4-7,19H,3,8-16H2,1-2H3,(H2,24,25,26). The minimum Gasteiger partial charge on any atom is -0.450 e. The summed E-state index contributed by atoms with van der Waals surface area (Å²) < 4.78 is 24.1. The van der Waals surface area contributed by atoms with Crippen molar-refractivity contribution in [2.75, 3.05) is 46.5 Å². The minimum absolute atomic E-state index is 0.114. The zero-order valence-corrected chi connectivity index (χ0v) is 18.0. The predicted octanol–water partition coefficient (Wildman–Crippen LogP) is 2.66. The van der Waals surface area contributed by atoms with E-state index in [1.165, 1.54) is 12.1 Å². The molecule has 0 spiro atoms. The third-order valence-corrected chi connectivity index (χ3v) is 6.09. The van der Waals surface area contributed by atoms with Gasteiger partial charge in [-0.3, -0.25) is 4.99 Å². The van der Waals surface area contributed by atoms with Crippen molar-refractivity contribution in [2.45, 2.75) is 44.1 Å². The van der Waals surface area contributed by atoms with Crippen LogP contribution in [0.15, 0.2) is 29.3 Å². The molecule has 2 saturated heterocycles. The van der Waals surface area contributed by atoms with E-state index in [9.17, 15) is 9.18 Å². The summed E-state index contributed by atoms with van der Waals surface area (Å²) in [6, 6.07) is 7.06. The molecule has 1 aromatic rings. The second-order valence-electron chi connectivity index (χ2n) is 7.93. The summed E-state index contributed by atoms with van der Waals surface area (Å²) in [7, 11) is 1.76. The lowest BCUT2D eigenvalue weighted by atomic mass is 9.74. The normalized spacial score (nSPS) is 20.0. The highest BCUT2D eigenvalue weighted by Gasteiger charge is 2.35. The Hall–Kier alpha value is -2.35. The fourth-order valence-electron chi connectivity index (χ4n) is 4.20. The Morgan fingerprint density at radius 3 is 2.53 bits per heavy atom. The molecular formula is C22H33FN4O3. The SMILES string of the molecule is CCOC(=O)N1CCC(NC(=NC)NCC2(c3ccc(F)cc3)CCOCC2)CC1. The molecule has 1 amide bonds. The number of nitrogens with zero attached hydrogens (tertiary/aromatic N) is 2. The molecule has 8 heteroatoms. The van der Waals surface area contributed by atoms with E-state index in [1.807, 2.05) is 19.1 Å². The smallest absolute Gasteiger partial charge is 0.409 e. The Kier molecular flexibility index (Phi) is 7.90. The first-order valence-electron chi connectivity index (χ1n) is 10.8. The zero-order chi connectivity index (χ0) is 21.4. The van der Waals surface area contributed by atoms with Crippen molar-refractivity contribution >= 4 is 12.1 Å². The molecular weight excluding hydrogens is 387 g/mol. The van der Waals surface area contributed by atoms with E-state index < -0.39 is 0 Å². The second kappa shape index (κ2) is 10.6. The molecule has 0 aliphatic carbocycles. The number of halogens is 1. The van der Waals surface area contributed by atoms with Crippen LogP contribution in [0.2, 0.25) is 0 Å². The van der Waals surface area contributed by atoms with Crippen molar-refractivity contribution in [1.29, 1.82) is 0 Å². The fourth-order valence-corrected chi connectivity index (χ4v) is 4.20. The summed E-state index contributed by atoms with van der Waals surface area (Å²) in [5.41, 5.74) is 1.01. The number of benzene rings is 1. The van der Waals surface area contributed by atoms with Crippen molar-refractivity contribution < 1.29 is 18.7 Å². The van der Waals surface area contributed by atoms with Gasteiger partial charge < -0.3 is 25.0 Å². The predicted molar refractivity (Wildman–Crippen MR) is 114 cm³/mol. The van der Waals surface area contributed by atoms with Gasteiger partial charge in [-0.1, -0.05) is 12.1 Å². The Morgan fingerprint density at radius 2 is 1.93 bits per heavy atom. The molecule has 30 heavy (non-hydrogen) atoms. The van der Waals surface area contributed by atoms with Crippen molar-refractivity contribution in [2.24, 2.45) is 4.99 Å². The topological polar surface area (TPSA) is 75.2 Å². The van der Waals surface area contributed by atoms with Crippen LogP contribution < -0.4 is 10.6 Å². The summed E-state index contributed by atoms with van der Waals surface area (Å²) in [4.78, 5) is 18.0. The molecule has 2 aliphatic rings. The number of carbonyl (C=O) groups excluding carboxylic acids is 1. The molecule has 3 rings (SSSR count). The molecule has 0 radical (unpaired) electrons. The number of guanidine groups is 1. The van der Waals surface area contributed by atoms with Gasteiger partial charge in [0.25, 0.3) is 0 Å². The van der Waals surface area contributed by atoms with E-state index >= 15 is 0 Å². The largest absolute Gasteiger partial charge is 0.450 e. The second-order valence-corrected chi connectivity index (χ2v) is 7.93. The quantitative estimate of drug-likeness (QED) is 0.566. The number of amides is 1. The van der Waals surface area contributed by atoms with Gasteiger partial charge in [-0.15, -0.1) is 0 Å². The third kappa shape index (κ3) is 5.62. The average molecular weight is 421 g/mol. The first-order chi connectivity index (χ1) is 14.6. The summed E-state index contributed by atoms with van der Waals surface area (Å²) in [5.74, 6) is 0.526. The van der Waals surface area contributed by atoms with E-state index in [0.29, 0.717) is 39.5 Å². The Balaban J connectivity index is 1.56. The third-order valence-electron chi connectivity index (χ3n) is 6.09. The van der Waals surface area contributed by atoms with Crippen LogP contribution in [0.4, 0.5) is 9.18 Å². The van der Waals surface area contributed by atoms with Crippen molar-refractivity contribution in [1.82, 2.24) is 15.5 Å². The van der Waals surface area contributed by atoms with Crippen LogP contribution in [0.3, 0.4) is 0 Å². The van der Waals surface area contributed by atoms with E-state index in [0.717, 1.165) is 37.2 Å². The minimum atomic E-state index is -0.237. The number of piperidine rings is 1. The van der Waals surface area contributed by atoms with Gasteiger partial charge in [0.2, 0.25) is 0 Å². The maximum atomic E-state index is 13.4. The zero-order valence-electron chi connectivity index (χ0n) is 18.0. The number of carbonyl (C=O) groups is 1. The molecule has 166 valence electrons. The first-order valence-corrected chi connectivity index (χ1v) is 10.8. The molecule has 1 aromatic carbocycles. The van der Waals surface area contributed by atoms with Crippen molar-refractivity contribution in [3.05, 3.63) is 35.6 Å². The molecule has 2 N–H and O–H groups in total. The van der Waals surface area contributed by atoms with Crippen LogP contribution in [0.25, 0.3) is 0 Å². The van der Waals surface area contributed by atoms with Crippen LogP contribution in [-0.2, 0) is 14.9 Å². The number of aliphatic imine (C=N–C) groups is 1. The molecule has 7 nitrogen and oxygen atoms in total. The van der Waals surface area contributed by atoms with Crippen LogP contribution >= 0.6 is 0 Å². The lowest BCUT2D eigenvalue weighted by Gasteiger charge is -2.39. The highest BCUT2D eigenvalue weighted by atomic mass is 19.1. The van der Waals surface area contributed by atoms with E-state index in [1.54, 1.807) is 11.9 Å². The molecule has 0 aromatic heterocycles. The van der Waals surface area contributed by atoms with E-state index in [4.69, 9.17) is 9.47 Å². The van der Waals surface area contributed by atoms with Gasteiger partial charge in [0, 0.05) is 51.4 Å². The van der Waals surface area contributed by atoms with Crippen LogP contribution in [0.1, 0.15) is 38.2 Å². The number of rotatable bonds is 5. The van der Waals surface area contributed by atoms with Crippen molar-refractivity contribution in [3.63, 3.8) is 0 Å². The maximum Gasteiger partial charge on any atom is 0.409 e. The van der Waals surface area contributed by atoms with Gasteiger partial charge in [0.05, 0.1) is 6.61 Å². The lowest BCUT2D eigenvalue weighted by Crippen LogP contribution is -2.52. The number of hydrogen-bond donors (Lipinski definition) is 2. The number of likely N-dealkylation sites (tertiary alicyclic amines) is 1. The highest BCUT2D eigenvalue weighted by Crippen LogP contribution is 2.34.